The van der Waals surface area contributed by atoms with E-state index in [4.69, 9.17) is 4.74 Å². The molecule has 2 aliphatic carbocycles. The molecule has 6 heteroatoms. The zero-order valence-electron chi connectivity index (χ0n) is 14.2. The van der Waals surface area contributed by atoms with Crippen molar-refractivity contribution in [1.82, 2.24) is 15.1 Å². The number of nitrogens with one attached hydrogen (secondary N) is 1. The van der Waals surface area contributed by atoms with Gasteiger partial charge in [0.2, 0.25) is 0 Å². The number of aromatic nitrogens is 2. The highest BCUT2D eigenvalue weighted by Crippen LogP contribution is 2.49. The first kappa shape index (κ1) is 16.0. The fraction of sp³-hybridized carbons (Fsp3) is 0.706. The van der Waals surface area contributed by atoms with E-state index in [0.29, 0.717) is 17.4 Å². The van der Waals surface area contributed by atoms with Crippen molar-refractivity contribution in [3.8, 4) is 0 Å². The Bertz CT molecular complexity index is 617. The molecular weight excluding hydrogens is 294 g/mol. The monoisotopic (exact) mass is 319 g/mol. The number of rotatable bonds is 3. The summed E-state index contributed by atoms with van der Waals surface area (Å²) in [5.41, 5.74) is 0.366. The van der Waals surface area contributed by atoms with Crippen LogP contribution in [0.15, 0.2) is 12.4 Å². The highest BCUT2D eigenvalue weighted by molar-refractivity contribution is 5.94. The molecule has 23 heavy (non-hydrogen) atoms. The first-order valence-electron chi connectivity index (χ1n) is 8.25. The van der Waals surface area contributed by atoms with Crippen LogP contribution in [-0.4, -0.2) is 34.8 Å². The molecule has 0 spiro atoms. The molecular formula is C17H25N3O3. The lowest BCUT2D eigenvalue weighted by Crippen LogP contribution is -2.47. The SMILES string of the molecule is COC(=O)[C@@H]1[C@H]2CC[C@@H](C2)[C@@H]1NC(=O)c1cnn(C(C)(C)C)c1. The molecule has 0 saturated heterocycles. The molecule has 1 aromatic rings. The zero-order valence-corrected chi connectivity index (χ0v) is 14.2. The Hall–Kier alpha value is -1.85. The average molecular weight is 319 g/mol. The molecule has 1 amide bonds. The average Bonchev–Trinajstić information content (AvgIpc) is 3.20. The number of amides is 1. The number of hydrogen-bond acceptors (Lipinski definition) is 4. The van der Waals surface area contributed by atoms with Crippen LogP contribution in [0.1, 0.15) is 50.4 Å². The predicted octanol–water partition coefficient (Wildman–Crippen LogP) is 1.96. The van der Waals surface area contributed by atoms with Crippen LogP contribution in [0, 0.1) is 17.8 Å². The molecule has 1 heterocycles. The molecule has 3 rings (SSSR count). The van der Waals surface area contributed by atoms with Gasteiger partial charge in [-0.2, -0.15) is 5.10 Å². The molecule has 1 aromatic heterocycles. The second-order valence-corrected chi connectivity index (χ2v) is 7.73. The van der Waals surface area contributed by atoms with E-state index < -0.39 is 0 Å². The van der Waals surface area contributed by atoms with Crippen molar-refractivity contribution in [2.24, 2.45) is 17.8 Å². The summed E-state index contributed by atoms with van der Waals surface area (Å²) in [6.45, 7) is 6.10. The van der Waals surface area contributed by atoms with Crippen molar-refractivity contribution in [2.45, 2.75) is 51.6 Å². The van der Waals surface area contributed by atoms with E-state index in [0.717, 1.165) is 19.3 Å². The van der Waals surface area contributed by atoms with Crippen molar-refractivity contribution >= 4 is 11.9 Å². The summed E-state index contributed by atoms with van der Waals surface area (Å²) in [5, 5.41) is 7.33. The van der Waals surface area contributed by atoms with Gasteiger partial charge in [0.25, 0.3) is 5.91 Å². The Kier molecular flexibility index (Phi) is 3.94. The van der Waals surface area contributed by atoms with Crippen LogP contribution in [0.2, 0.25) is 0 Å². The van der Waals surface area contributed by atoms with E-state index in [1.54, 1.807) is 17.1 Å². The number of nitrogens with zero attached hydrogens (tertiary/aromatic N) is 2. The van der Waals surface area contributed by atoms with Gasteiger partial charge in [-0.3, -0.25) is 14.3 Å². The number of ether oxygens (including phenoxy) is 1. The van der Waals surface area contributed by atoms with E-state index in [1.165, 1.54) is 7.11 Å². The lowest BCUT2D eigenvalue weighted by molar-refractivity contribution is -0.148. The second-order valence-electron chi connectivity index (χ2n) is 7.73. The van der Waals surface area contributed by atoms with Crippen LogP contribution in [0.5, 0.6) is 0 Å². The van der Waals surface area contributed by atoms with Gasteiger partial charge >= 0.3 is 5.97 Å². The minimum Gasteiger partial charge on any atom is -0.469 e. The molecule has 0 unspecified atom stereocenters. The molecule has 2 bridgehead atoms. The Labute approximate surface area is 136 Å². The Morgan fingerprint density at radius 1 is 1.30 bits per heavy atom. The van der Waals surface area contributed by atoms with Crippen molar-refractivity contribution in [1.29, 1.82) is 0 Å². The summed E-state index contributed by atoms with van der Waals surface area (Å²) in [7, 11) is 1.42. The Morgan fingerprint density at radius 2 is 2.00 bits per heavy atom. The van der Waals surface area contributed by atoms with Crippen LogP contribution in [0.4, 0.5) is 0 Å². The smallest absolute Gasteiger partial charge is 0.311 e. The third-order valence-corrected chi connectivity index (χ3v) is 5.22. The quantitative estimate of drug-likeness (QED) is 0.864. The van der Waals surface area contributed by atoms with Gasteiger partial charge in [-0.15, -0.1) is 0 Å². The molecule has 4 atom stereocenters. The fourth-order valence-electron chi connectivity index (χ4n) is 4.02. The summed E-state index contributed by atoms with van der Waals surface area (Å²) in [6.07, 6.45) is 6.48. The fourth-order valence-corrected chi connectivity index (χ4v) is 4.02. The molecule has 2 saturated carbocycles. The highest BCUT2D eigenvalue weighted by atomic mass is 16.5. The van der Waals surface area contributed by atoms with Gasteiger partial charge in [-0.1, -0.05) is 0 Å². The number of methoxy groups -OCH3 is 1. The van der Waals surface area contributed by atoms with Crippen LogP contribution in [-0.2, 0) is 15.1 Å². The summed E-state index contributed by atoms with van der Waals surface area (Å²) >= 11 is 0. The standard InChI is InChI=1S/C17H25N3O3/c1-17(2,3)20-9-12(8-18-20)15(21)19-14-11-6-5-10(7-11)13(14)16(22)23-4/h8-11,13-14H,5-7H2,1-4H3,(H,19,21)/t10-,11-,13+,14-/m0/s1. The molecule has 6 nitrogen and oxygen atoms in total. The van der Waals surface area contributed by atoms with Gasteiger partial charge in [0, 0.05) is 12.2 Å². The molecule has 0 aromatic carbocycles. The third kappa shape index (κ3) is 2.86. The molecule has 0 aliphatic heterocycles. The van der Waals surface area contributed by atoms with Crippen LogP contribution in [0.3, 0.4) is 0 Å². The van der Waals surface area contributed by atoms with Gasteiger partial charge in [0.15, 0.2) is 0 Å². The lowest BCUT2D eigenvalue weighted by atomic mass is 9.84. The van der Waals surface area contributed by atoms with Crippen molar-refractivity contribution in [2.75, 3.05) is 7.11 Å². The maximum Gasteiger partial charge on any atom is 0.311 e. The van der Waals surface area contributed by atoms with Crippen molar-refractivity contribution in [3.05, 3.63) is 18.0 Å². The number of fused-ring (bicyclic) bond motifs is 2. The van der Waals surface area contributed by atoms with Crippen LogP contribution in [0.25, 0.3) is 0 Å². The molecule has 126 valence electrons. The first-order valence-corrected chi connectivity index (χ1v) is 8.25. The molecule has 2 aliphatic rings. The minimum absolute atomic E-state index is 0.119. The molecule has 0 radical (unpaired) electrons. The summed E-state index contributed by atoms with van der Waals surface area (Å²) in [5.74, 6) is 0.154. The third-order valence-electron chi connectivity index (χ3n) is 5.22. The Balaban J connectivity index is 1.74. The zero-order chi connectivity index (χ0) is 16.8. The van der Waals surface area contributed by atoms with E-state index in [2.05, 4.69) is 10.4 Å². The maximum absolute atomic E-state index is 12.6. The number of hydrogen-bond donors (Lipinski definition) is 1. The molecule has 1 N–H and O–H groups in total. The second kappa shape index (κ2) is 5.65. The number of esters is 1. The number of carbonyl (C=O) groups is 2. The lowest BCUT2D eigenvalue weighted by Gasteiger charge is -2.29. The van der Waals surface area contributed by atoms with Crippen molar-refractivity contribution < 1.29 is 14.3 Å². The highest BCUT2D eigenvalue weighted by Gasteiger charge is 2.52. The Morgan fingerprint density at radius 3 is 2.61 bits per heavy atom. The number of carbonyl (C=O) groups excluding carboxylic acids is 2. The van der Waals surface area contributed by atoms with Gasteiger partial charge in [-0.25, -0.2) is 0 Å². The van der Waals surface area contributed by atoms with E-state index in [9.17, 15) is 9.59 Å². The largest absolute Gasteiger partial charge is 0.469 e. The van der Waals surface area contributed by atoms with Crippen LogP contribution >= 0.6 is 0 Å². The van der Waals surface area contributed by atoms with Gasteiger partial charge in [-0.05, 0) is 51.9 Å². The van der Waals surface area contributed by atoms with Crippen molar-refractivity contribution in [3.63, 3.8) is 0 Å². The van der Waals surface area contributed by atoms with Crippen LogP contribution < -0.4 is 5.32 Å². The van der Waals surface area contributed by atoms with E-state index >= 15 is 0 Å². The minimum atomic E-state index is -0.208. The van der Waals surface area contributed by atoms with E-state index in [-0.39, 0.29) is 29.4 Å². The summed E-state index contributed by atoms with van der Waals surface area (Å²) < 4.78 is 6.72. The predicted molar refractivity (Wildman–Crippen MR) is 84.8 cm³/mol. The topological polar surface area (TPSA) is 73.2 Å². The normalized spacial score (nSPS) is 29.6. The first-order chi connectivity index (χ1) is 10.8. The molecule has 2 fully saturated rings. The summed E-state index contributed by atoms with van der Waals surface area (Å²) in [4.78, 5) is 24.6. The van der Waals surface area contributed by atoms with Gasteiger partial charge < -0.3 is 10.1 Å². The van der Waals surface area contributed by atoms with Gasteiger partial charge in [0.05, 0.1) is 30.3 Å². The summed E-state index contributed by atoms with van der Waals surface area (Å²) in [6, 6.07) is -0.119. The maximum atomic E-state index is 12.6. The van der Waals surface area contributed by atoms with Gasteiger partial charge in [0.1, 0.15) is 0 Å². The van der Waals surface area contributed by atoms with E-state index in [1.807, 2.05) is 20.8 Å².